The molecule has 0 unspecified atom stereocenters. The second-order valence-corrected chi connectivity index (χ2v) is 10.3. The minimum atomic E-state index is -5.63. The predicted molar refractivity (Wildman–Crippen MR) is 80.3 cm³/mol. The molecule has 124 valence electrons. The number of rotatable bonds is 0. The molecule has 1 spiro atoms. The van der Waals surface area contributed by atoms with Crippen molar-refractivity contribution in [1.82, 2.24) is 0 Å². The molecule has 0 radical (unpaired) electrons. The van der Waals surface area contributed by atoms with Crippen LogP contribution in [0.1, 0.15) is 41.4 Å². The number of fused-ring (bicyclic) bond motifs is 2. The molecule has 0 bridgehead atoms. The molecule has 0 amide bonds. The van der Waals surface area contributed by atoms with Gasteiger partial charge in [0.15, 0.2) is 0 Å². The van der Waals surface area contributed by atoms with Crippen molar-refractivity contribution in [2.45, 2.75) is 0 Å². The van der Waals surface area contributed by atoms with E-state index in [9.17, 15) is 19.2 Å². The Hall–Kier alpha value is -2.88. The van der Waals surface area contributed by atoms with E-state index < -0.39 is 43.9 Å². The molecule has 25 heavy (non-hydrogen) atoms. The summed E-state index contributed by atoms with van der Waals surface area (Å²) in [6.45, 7) is 0. The van der Waals surface area contributed by atoms with Gasteiger partial charge in [-0.3, -0.25) is 0 Å². The van der Waals surface area contributed by atoms with E-state index in [1.807, 2.05) is 0 Å². The Morgan fingerprint density at radius 1 is 0.480 bits per heavy atom. The van der Waals surface area contributed by atoms with Gasteiger partial charge in [0, 0.05) is 0 Å². The summed E-state index contributed by atoms with van der Waals surface area (Å²) in [5.74, 6) is -3.82. The van der Waals surface area contributed by atoms with E-state index >= 15 is 0 Å². The summed E-state index contributed by atoms with van der Waals surface area (Å²) in [5.41, 5.74) is -0.241. The van der Waals surface area contributed by atoms with Gasteiger partial charge in [-0.05, 0) is 0 Å². The molecule has 2 aliphatic heterocycles. The first kappa shape index (κ1) is 15.6. The first-order chi connectivity index (χ1) is 12.0. The maximum atomic E-state index is 12.3. The Morgan fingerprint density at radius 3 is 0.960 bits per heavy atom. The molecule has 0 aliphatic carbocycles. The van der Waals surface area contributed by atoms with Crippen molar-refractivity contribution in [3.63, 3.8) is 0 Å². The van der Waals surface area contributed by atoms with Gasteiger partial charge in [-0.15, -0.1) is 0 Å². The van der Waals surface area contributed by atoms with Gasteiger partial charge in [-0.25, -0.2) is 0 Å². The molecule has 4 rings (SSSR count). The van der Waals surface area contributed by atoms with Crippen molar-refractivity contribution in [2.75, 3.05) is 0 Å². The topological polar surface area (TPSA) is 105 Å². The minimum absolute atomic E-state index is 0.0602. The van der Waals surface area contributed by atoms with Crippen LogP contribution in [0.2, 0.25) is 0 Å². The fraction of sp³-hybridized carbons (Fsp3) is 0. The van der Waals surface area contributed by atoms with Gasteiger partial charge in [0.2, 0.25) is 0 Å². The first-order valence-corrected chi connectivity index (χ1v) is 11.8. The number of hydrogen-bond acceptors (Lipinski definition) is 8. The molecule has 0 fully saturated rings. The third kappa shape index (κ3) is 2.54. The SMILES string of the molecule is O=C1[O][Sn]2([O]C(=O)c3ccccc31)[O]C(=O)c1ccccc1C(=O)[O]2. The number of carbonyl (C=O) groups excluding carboxylic acids is 4. The van der Waals surface area contributed by atoms with E-state index in [4.69, 9.17) is 12.3 Å². The Balaban J connectivity index is 1.79. The molecule has 0 N–H and O–H groups in total. The van der Waals surface area contributed by atoms with Crippen molar-refractivity contribution < 1.29 is 31.5 Å². The van der Waals surface area contributed by atoms with E-state index in [1.165, 1.54) is 48.5 Å². The van der Waals surface area contributed by atoms with Crippen LogP contribution in [0.25, 0.3) is 0 Å². The molecular weight excluding hydrogens is 439 g/mol. The number of benzene rings is 2. The summed E-state index contributed by atoms with van der Waals surface area (Å²) in [6, 6.07) is 11.6. The molecule has 2 aliphatic rings. The molecule has 0 saturated heterocycles. The van der Waals surface area contributed by atoms with Gasteiger partial charge < -0.3 is 0 Å². The molecular formula is C16H8O8Sn. The van der Waals surface area contributed by atoms with Crippen molar-refractivity contribution in [3.8, 4) is 0 Å². The second kappa shape index (κ2) is 5.59. The summed E-state index contributed by atoms with van der Waals surface area (Å²) in [4.78, 5) is 49.4. The van der Waals surface area contributed by atoms with Crippen molar-refractivity contribution in [1.29, 1.82) is 0 Å². The zero-order chi connectivity index (χ0) is 17.6. The molecule has 0 atom stereocenters. The van der Waals surface area contributed by atoms with Gasteiger partial charge in [0.1, 0.15) is 0 Å². The Morgan fingerprint density at radius 2 is 0.720 bits per heavy atom. The van der Waals surface area contributed by atoms with Crippen LogP contribution in [0.5, 0.6) is 0 Å². The molecule has 0 saturated carbocycles. The van der Waals surface area contributed by atoms with Gasteiger partial charge in [0.05, 0.1) is 0 Å². The maximum absolute atomic E-state index is 12.3. The monoisotopic (exact) mass is 448 g/mol. The average molecular weight is 447 g/mol. The van der Waals surface area contributed by atoms with Gasteiger partial charge in [0.25, 0.3) is 0 Å². The van der Waals surface area contributed by atoms with E-state index in [0.717, 1.165) is 0 Å². The third-order valence-electron chi connectivity index (χ3n) is 3.60. The first-order valence-electron chi connectivity index (χ1n) is 7.10. The van der Waals surface area contributed by atoms with Crippen LogP contribution in [0, 0.1) is 0 Å². The Bertz CT molecular complexity index is 796. The molecule has 0 aromatic heterocycles. The number of hydrogen-bond donors (Lipinski definition) is 0. The zero-order valence-corrected chi connectivity index (χ0v) is 15.2. The molecule has 2 aromatic carbocycles. The zero-order valence-electron chi connectivity index (χ0n) is 12.4. The van der Waals surface area contributed by atoms with Crippen LogP contribution < -0.4 is 0 Å². The van der Waals surface area contributed by atoms with E-state index in [1.54, 1.807) is 0 Å². The van der Waals surface area contributed by atoms with Gasteiger partial charge >= 0.3 is 146 Å². The Labute approximate surface area is 146 Å². The van der Waals surface area contributed by atoms with Crippen LogP contribution in [0.15, 0.2) is 48.5 Å². The van der Waals surface area contributed by atoms with Crippen molar-refractivity contribution in [3.05, 3.63) is 70.8 Å². The fourth-order valence-corrected chi connectivity index (χ4v) is 7.04. The third-order valence-corrected chi connectivity index (χ3v) is 8.58. The second-order valence-electron chi connectivity index (χ2n) is 5.15. The van der Waals surface area contributed by atoms with Gasteiger partial charge in [-0.2, -0.15) is 0 Å². The summed E-state index contributed by atoms with van der Waals surface area (Å²) in [7, 11) is 0. The summed E-state index contributed by atoms with van der Waals surface area (Å²) in [5, 5.41) is 0. The standard InChI is InChI=1S/2C8H6O4.Sn/c2*9-7(10)5-3-1-2-4-6(5)8(11)12;/h2*1-4H,(H,9,10)(H,11,12);/q;;+4/p-4. The molecule has 2 aromatic rings. The Kier molecular flexibility index (Phi) is 3.49. The van der Waals surface area contributed by atoms with Gasteiger partial charge in [-0.1, -0.05) is 0 Å². The van der Waals surface area contributed by atoms with Crippen LogP contribution in [-0.2, 0) is 12.3 Å². The van der Waals surface area contributed by atoms with Crippen LogP contribution in [-0.4, -0.2) is 43.9 Å². The quantitative estimate of drug-likeness (QED) is 0.560. The average Bonchev–Trinajstić information content (AvgIpc) is 2.76. The van der Waals surface area contributed by atoms with Crippen molar-refractivity contribution >= 4 is 43.9 Å². The van der Waals surface area contributed by atoms with E-state index in [-0.39, 0.29) is 22.3 Å². The molecule has 9 heteroatoms. The van der Waals surface area contributed by atoms with E-state index in [0.29, 0.717) is 0 Å². The van der Waals surface area contributed by atoms with E-state index in [2.05, 4.69) is 0 Å². The normalized spacial score (nSPS) is 17.9. The van der Waals surface area contributed by atoms with Crippen LogP contribution in [0.4, 0.5) is 0 Å². The summed E-state index contributed by atoms with van der Waals surface area (Å²) >= 11 is -5.63. The summed E-state index contributed by atoms with van der Waals surface area (Å²) < 4.78 is 20.5. The fourth-order valence-electron chi connectivity index (χ4n) is 2.48. The summed E-state index contributed by atoms with van der Waals surface area (Å²) in [6.07, 6.45) is 0. The van der Waals surface area contributed by atoms with Crippen LogP contribution in [0.3, 0.4) is 0 Å². The number of carbonyl (C=O) groups is 4. The van der Waals surface area contributed by atoms with Crippen molar-refractivity contribution in [2.24, 2.45) is 0 Å². The van der Waals surface area contributed by atoms with Crippen LogP contribution >= 0.6 is 0 Å². The molecule has 2 heterocycles. The molecule has 8 nitrogen and oxygen atoms in total. The predicted octanol–water partition coefficient (Wildman–Crippen LogP) is 1.48.